The topological polar surface area (TPSA) is 61.6 Å². The molecule has 0 aromatic heterocycles. The zero-order valence-corrected chi connectivity index (χ0v) is 17.8. The molecule has 1 spiro atoms. The number of halogens is 1. The van der Waals surface area contributed by atoms with Gasteiger partial charge in [0.1, 0.15) is 0 Å². The Bertz CT molecular complexity index is 875. The van der Waals surface area contributed by atoms with Crippen LogP contribution in [0, 0.1) is 5.41 Å². The number of nitrogen functional groups attached to an aromatic ring is 1. The average Bonchev–Trinajstić information content (AvgIpc) is 2.68. The van der Waals surface area contributed by atoms with Gasteiger partial charge in [-0.15, -0.1) is 0 Å². The third kappa shape index (κ3) is 3.94. The Morgan fingerprint density at radius 3 is 2.48 bits per heavy atom. The number of carbonyl (C=O) groups is 1. The van der Waals surface area contributed by atoms with Gasteiger partial charge in [-0.2, -0.15) is 0 Å². The molecular weight excluding hydrogens is 384 g/mol. The molecule has 5 nitrogen and oxygen atoms in total. The van der Waals surface area contributed by atoms with E-state index in [-0.39, 0.29) is 11.4 Å². The van der Waals surface area contributed by atoms with Gasteiger partial charge in [-0.05, 0) is 62.6 Å². The number of nitrogens with one attached hydrogen (secondary N) is 1. The Morgan fingerprint density at radius 1 is 1.17 bits per heavy atom. The van der Waals surface area contributed by atoms with Crippen LogP contribution in [-0.4, -0.2) is 41.5 Å². The first-order valence-electron chi connectivity index (χ1n) is 10.3. The zero-order valence-electron chi connectivity index (χ0n) is 17.1. The lowest BCUT2D eigenvalue weighted by Gasteiger charge is -2.62. The van der Waals surface area contributed by atoms with E-state index in [9.17, 15) is 4.79 Å². The highest BCUT2D eigenvalue weighted by molar-refractivity contribution is 6.30. The maximum atomic E-state index is 12.7. The first-order chi connectivity index (χ1) is 13.9. The summed E-state index contributed by atoms with van der Waals surface area (Å²) in [5, 5.41) is 3.74. The number of carbonyl (C=O) groups excluding carboxylic acids is 1. The number of nitrogens with zero attached hydrogens (tertiary/aromatic N) is 2. The molecule has 4 rings (SSSR count). The Kier molecular flexibility index (Phi) is 5.45. The van der Waals surface area contributed by atoms with Gasteiger partial charge < -0.3 is 16.0 Å². The average molecular weight is 413 g/mol. The number of benzene rings is 2. The smallest absolute Gasteiger partial charge is 0.321 e. The van der Waals surface area contributed by atoms with E-state index in [1.54, 1.807) is 6.07 Å². The Morgan fingerprint density at radius 2 is 1.86 bits per heavy atom. The summed E-state index contributed by atoms with van der Waals surface area (Å²) >= 11 is 6.11. The Hall–Kier alpha value is -2.24. The van der Waals surface area contributed by atoms with Gasteiger partial charge in [0, 0.05) is 53.5 Å². The van der Waals surface area contributed by atoms with Gasteiger partial charge in [-0.1, -0.05) is 29.8 Å². The quantitative estimate of drug-likeness (QED) is 0.697. The normalized spacial score (nSPS) is 21.2. The van der Waals surface area contributed by atoms with Gasteiger partial charge in [-0.3, -0.25) is 4.90 Å². The molecule has 2 aromatic carbocycles. The summed E-state index contributed by atoms with van der Waals surface area (Å²) in [6.45, 7) is 7.13. The number of anilines is 2. The summed E-state index contributed by atoms with van der Waals surface area (Å²) in [7, 11) is 0. The molecule has 154 valence electrons. The van der Waals surface area contributed by atoms with Gasteiger partial charge in [-0.25, -0.2) is 4.79 Å². The SMILES string of the molecule is CC(C)N1CC2(CCN(C(=O)Nc3cccc(N)c3)CC2)C1c1ccc(Cl)cc1. The molecule has 29 heavy (non-hydrogen) atoms. The molecule has 2 aliphatic heterocycles. The van der Waals surface area contributed by atoms with Crippen molar-refractivity contribution in [3.63, 3.8) is 0 Å². The van der Waals surface area contributed by atoms with Gasteiger partial charge in [0.05, 0.1) is 0 Å². The van der Waals surface area contributed by atoms with Crippen LogP contribution in [0.5, 0.6) is 0 Å². The monoisotopic (exact) mass is 412 g/mol. The van der Waals surface area contributed by atoms with Crippen molar-refractivity contribution in [2.24, 2.45) is 5.41 Å². The van der Waals surface area contributed by atoms with E-state index in [1.807, 2.05) is 35.2 Å². The number of amides is 2. The molecule has 3 N–H and O–H groups in total. The number of piperidine rings is 1. The summed E-state index contributed by atoms with van der Waals surface area (Å²) < 4.78 is 0. The van der Waals surface area contributed by atoms with E-state index in [2.05, 4.69) is 36.2 Å². The molecule has 2 amide bonds. The lowest BCUT2D eigenvalue weighted by Crippen LogP contribution is -2.64. The van der Waals surface area contributed by atoms with Crippen molar-refractivity contribution in [2.45, 2.75) is 38.8 Å². The second kappa shape index (κ2) is 7.88. The number of urea groups is 1. The van der Waals surface area contributed by atoms with Crippen molar-refractivity contribution < 1.29 is 4.79 Å². The van der Waals surface area contributed by atoms with Crippen LogP contribution in [0.15, 0.2) is 48.5 Å². The van der Waals surface area contributed by atoms with Crippen LogP contribution >= 0.6 is 11.6 Å². The fraction of sp³-hybridized carbons (Fsp3) is 0.435. The van der Waals surface area contributed by atoms with Crippen LogP contribution in [-0.2, 0) is 0 Å². The minimum Gasteiger partial charge on any atom is -0.399 e. The number of nitrogens with two attached hydrogens (primary N) is 1. The maximum absolute atomic E-state index is 12.7. The molecule has 1 unspecified atom stereocenters. The minimum atomic E-state index is -0.0477. The highest BCUT2D eigenvalue weighted by Crippen LogP contribution is 2.55. The number of hydrogen-bond acceptors (Lipinski definition) is 3. The first-order valence-corrected chi connectivity index (χ1v) is 10.7. The molecular formula is C23H29ClN4O. The predicted molar refractivity (Wildman–Crippen MR) is 119 cm³/mol. The largest absolute Gasteiger partial charge is 0.399 e. The molecule has 6 heteroatoms. The molecule has 0 bridgehead atoms. The van der Waals surface area contributed by atoms with Crippen LogP contribution in [0.3, 0.4) is 0 Å². The number of hydrogen-bond donors (Lipinski definition) is 2. The molecule has 0 saturated carbocycles. The summed E-state index contributed by atoms with van der Waals surface area (Å²) in [5.41, 5.74) is 8.75. The summed E-state index contributed by atoms with van der Waals surface area (Å²) in [6.07, 6.45) is 2.02. The summed E-state index contributed by atoms with van der Waals surface area (Å²) in [4.78, 5) is 17.2. The van der Waals surface area contributed by atoms with Gasteiger partial charge in [0.2, 0.25) is 0 Å². The van der Waals surface area contributed by atoms with Crippen LogP contribution in [0.2, 0.25) is 5.02 Å². The van der Waals surface area contributed by atoms with Crippen LogP contribution in [0.4, 0.5) is 16.2 Å². The lowest BCUT2D eigenvalue weighted by molar-refractivity contribution is -0.123. The van der Waals surface area contributed by atoms with E-state index in [0.717, 1.165) is 43.2 Å². The molecule has 1 atom stereocenters. The van der Waals surface area contributed by atoms with E-state index < -0.39 is 0 Å². The second-order valence-corrected chi connectivity index (χ2v) is 9.06. The van der Waals surface area contributed by atoms with Crippen molar-refractivity contribution in [2.75, 3.05) is 30.7 Å². The third-order valence-corrected chi connectivity index (χ3v) is 6.69. The Balaban J connectivity index is 1.44. The molecule has 2 aromatic rings. The highest BCUT2D eigenvalue weighted by Gasteiger charge is 2.54. The van der Waals surface area contributed by atoms with Crippen molar-refractivity contribution in [1.29, 1.82) is 0 Å². The summed E-state index contributed by atoms with van der Waals surface area (Å²) in [6, 6.07) is 16.4. The van der Waals surface area contributed by atoms with Crippen molar-refractivity contribution in [3.05, 3.63) is 59.1 Å². The lowest BCUT2D eigenvalue weighted by atomic mass is 9.62. The van der Waals surface area contributed by atoms with Gasteiger partial charge >= 0.3 is 6.03 Å². The van der Waals surface area contributed by atoms with Gasteiger partial charge in [0.25, 0.3) is 0 Å². The van der Waals surface area contributed by atoms with Crippen LogP contribution in [0.1, 0.15) is 38.3 Å². The molecule has 0 aliphatic carbocycles. The predicted octanol–water partition coefficient (Wildman–Crippen LogP) is 5.00. The molecule has 2 aliphatic rings. The minimum absolute atomic E-state index is 0.0477. The number of rotatable bonds is 3. The molecule has 2 heterocycles. The van der Waals surface area contributed by atoms with Crippen molar-refractivity contribution >= 4 is 29.0 Å². The fourth-order valence-corrected chi connectivity index (χ4v) is 4.98. The van der Waals surface area contributed by atoms with Crippen LogP contribution < -0.4 is 11.1 Å². The Labute approximate surface area is 177 Å². The van der Waals surface area contributed by atoms with E-state index >= 15 is 0 Å². The standard InChI is InChI=1S/C23H29ClN4O/c1-16(2)28-15-23(21(28)17-6-8-18(24)9-7-17)10-12-27(13-11-23)22(29)26-20-5-3-4-19(25)14-20/h3-9,14,16,21H,10-13,15,25H2,1-2H3,(H,26,29). The fourth-order valence-electron chi connectivity index (χ4n) is 4.86. The molecule has 0 radical (unpaired) electrons. The third-order valence-electron chi connectivity index (χ3n) is 6.44. The second-order valence-electron chi connectivity index (χ2n) is 8.63. The number of likely N-dealkylation sites (tertiary alicyclic amines) is 2. The van der Waals surface area contributed by atoms with Gasteiger partial charge in [0.15, 0.2) is 0 Å². The first kappa shape index (κ1) is 20.0. The van der Waals surface area contributed by atoms with E-state index in [0.29, 0.717) is 17.8 Å². The van der Waals surface area contributed by atoms with Crippen molar-refractivity contribution in [1.82, 2.24) is 9.80 Å². The molecule has 2 fully saturated rings. The van der Waals surface area contributed by atoms with E-state index in [4.69, 9.17) is 17.3 Å². The molecule has 2 saturated heterocycles. The van der Waals surface area contributed by atoms with E-state index in [1.165, 1.54) is 5.56 Å². The maximum Gasteiger partial charge on any atom is 0.321 e. The van der Waals surface area contributed by atoms with Crippen LogP contribution in [0.25, 0.3) is 0 Å². The summed E-state index contributed by atoms with van der Waals surface area (Å²) in [5.74, 6) is 0. The van der Waals surface area contributed by atoms with Crippen molar-refractivity contribution in [3.8, 4) is 0 Å². The zero-order chi connectivity index (χ0) is 20.6. The highest BCUT2D eigenvalue weighted by atomic mass is 35.5.